The maximum absolute atomic E-state index is 6.24. The van der Waals surface area contributed by atoms with E-state index in [1.54, 1.807) is 0 Å². The van der Waals surface area contributed by atoms with Crippen molar-refractivity contribution >= 4 is 20.2 Å². The summed E-state index contributed by atoms with van der Waals surface area (Å²) in [6.07, 6.45) is 5.41. The van der Waals surface area contributed by atoms with Crippen LogP contribution in [-0.2, 0) is 3.07 Å². The van der Waals surface area contributed by atoms with Gasteiger partial charge in [-0.15, -0.1) is 0 Å². The van der Waals surface area contributed by atoms with Crippen LogP contribution in [0.5, 0.6) is 0 Å². The Bertz CT molecular complexity index is 121. The molecule has 0 saturated heterocycles. The Balaban J connectivity index is 3.84. The van der Waals surface area contributed by atoms with Crippen molar-refractivity contribution in [1.82, 2.24) is 0 Å². The van der Waals surface area contributed by atoms with E-state index in [2.05, 4.69) is 34.6 Å². The summed E-state index contributed by atoms with van der Waals surface area (Å²) in [7, 11) is 0. The van der Waals surface area contributed by atoms with Crippen molar-refractivity contribution in [1.29, 1.82) is 0 Å². The van der Waals surface area contributed by atoms with E-state index in [0.717, 1.165) is 0 Å². The van der Waals surface area contributed by atoms with E-state index in [4.69, 9.17) is 3.07 Å². The van der Waals surface area contributed by atoms with E-state index in [9.17, 15) is 0 Å². The third kappa shape index (κ3) is 9.32. The van der Waals surface area contributed by atoms with Crippen LogP contribution in [0.3, 0.4) is 0 Å². The Labute approximate surface area is 97.9 Å². The van der Waals surface area contributed by atoms with Crippen LogP contribution in [0.2, 0.25) is 8.87 Å². The van der Waals surface area contributed by atoms with Gasteiger partial charge in [0.05, 0.1) is 0 Å². The molecule has 0 fully saturated rings. The van der Waals surface area contributed by atoms with Gasteiger partial charge in [0, 0.05) is 0 Å². The molecule has 2 heteroatoms. The van der Waals surface area contributed by atoms with Crippen molar-refractivity contribution in [2.45, 2.75) is 74.8 Å². The molecule has 0 aliphatic carbocycles. The fraction of sp³-hybridized carbons (Fsp3) is 1.00. The minimum atomic E-state index is -1.47. The molecule has 0 radical (unpaired) electrons. The van der Waals surface area contributed by atoms with E-state index < -0.39 is 20.2 Å². The van der Waals surface area contributed by atoms with Gasteiger partial charge in [-0.25, -0.2) is 0 Å². The third-order valence-electron chi connectivity index (χ3n) is 2.07. The standard InChI is InChI=1S/C4H9O.2C4H9.Sn/c1-4(2,3)5;2*1-3-4-2;/h1-3H3;2*1,3-4H2,2H3;/q-1;;;+2. The van der Waals surface area contributed by atoms with Gasteiger partial charge < -0.3 is 0 Å². The summed E-state index contributed by atoms with van der Waals surface area (Å²) in [6, 6.07) is 0. The molecule has 14 heavy (non-hydrogen) atoms. The summed E-state index contributed by atoms with van der Waals surface area (Å²) in [5, 5.41) is 0. The average molecular weight is 306 g/mol. The molecule has 0 aliphatic heterocycles. The van der Waals surface area contributed by atoms with E-state index in [0.29, 0.717) is 0 Å². The number of unbranched alkanes of at least 4 members (excludes halogenated alkanes) is 2. The second-order valence-corrected chi connectivity index (χ2v) is 11.5. The normalized spacial score (nSPS) is 11.8. The fourth-order valence-corrected chi connectivity index (χ4v) is 9.44. The summed E-state index contributed by atoms with van der Waals surface area (Å²) in [5.41, 5.74) is 0.107. The summed E-state index contributed by atoms with van der Waals surface area (Å²) >= 11 is -1.47. The summed E-state index contributed by atoms with van der Waals surface area (Å²) in [5.74, 6) is 0. The first-order valence-corrected chi connectivity index (χ1v) is 11.2. The molecule has 0 amide bonds. The Morgan fingerprint density at radius 2 is 1.36 bits per heavy atom. The van der Waals surface area contributed by atoms with E-state index >= 15 is 0 Å². The first kappa shape index (κ1) is 14.8. The minimum absolute atomic E-state index is 0.107. The molecule has 0 bridgehead atoms. The van der Waals surface area contributed by atoms with Crippen molar-refractivity contribution < 1.29 is 3.07 Å². The van der Waals surface area contributed by atoms with Gasteiger partial charge in [0.2, 0.25) is 0 Å². The molecule has 0 atom stereocenters. The van der Waals surface area contributed by atoms with Crippen LogP contribution in [0.25, 0.3) is 0 Å². The third-order valence-corrected chi connectivity index (χ3v) is 9.84. The molecule has 1 nitrogen and oxygen atoms in total. The summed E-state index contributed by atoms with van der Waals surface area (Å²) in [4.78, 5) is 0. The zero-order valence-corrected chi connectivity index (χ0v) is 13.5. The predicted octanol–water partition coefficient (Wildman–Crippen LogP) is 4.39. The van der Waals surface area contributed by atoms with Gasteiger partial charge in [-0.05, 0) is 0 Å². The van der Waals surface area contributed by atoms with Crippen LogP contribution in [0.1, 0.15) is 60.3 Å². The van der Waals surface area contributed by atoms with Gasteiger partial charge in [-0.1, -0.05) is 0 Å². The molecule has 0 N–H and O–H groups in total. The predicted molar refractivity (Wildman–Crippen MR) is 66.0 cm³/mol. The van der Waals surface area contributed by atoms with Gasteiger partial charge >= 0.3 is 98.0 Å². The molecule has 0 heterocycles. The quantitative estimate of drug-likeness (QED) is 0.634. The monoisotopic (exact) mass is 307 g/mol. The number of hydrogen-bond donors (Lipinski definition) is 0. The molecule has 0 rings (SSSR count). The van der Waals surface area contributed by atoms with E-state index in [1.807, 2.05) is 0 Å². The second-order valence-electron chi connectivity index (χ2n) is 4.96. The molecule has 0 unspecified atom stereocenters. The molecule has 0 aliphatic rings. The Morgan fingerprint density at radius 3 is 1.64 bits per heavy atom. The fourth-order valence-electron chi connectivity index (χ4n) is 1.41. The van der Waals surface area contributed by atoms with Crippen molar-refractivity contribution in [3.63, 3.8) is 0 Å². The van der Waals surface area contributed by atoms with Crippen LogP contribution in [0.15, 0.2) is 0 Å². The van der Waals surface area contributed by atoms with Gasteiger partial charge in [-0.3, -0.25) is 0 Å². The van der Waals surface area contributed by atoms with Crippen LogP contribution in [0.4, 0.5) is 0 Å². The molecule has 0 spiro atoms. The molecule has 0 aromatic carbocycles. The summed E-state index contributed by atoms with van der Waals surface area (Å²) < 4.78 is 9.09. The molecule has 0 aromatic rings. The first-order chi connectivity index (χ1) is 6.49. The number of rotatable bonds is 7. The molecule has 0 aromatic heterocycles. The van der Waals surface area contributed by atoms with Gasteiger partial charge in [0.15, 0.2) is 0 Å². The van der Waals surface area contributed by atoms with Gasteiger partial charge in [0.1, 0.15) is 0 Å². The zero-order valence-electron chi connectivity index (χ0n) is 10.7. The topological polar surface area (TPSA) is 9.23 Å². The van der Waals surface area contributed by atoms with Crippen LogP contribution in [0, 0.1) is 0 Å². The summed E-state index contributed by atoms with van der Waals surface area (Å²) in [6.45, 7) is 11.2. The van der Waals surface area contributed by atoms with Crippen molar-refractivity contribution in [3.05, 3.63) is 0 Å². The van der Waals surface area contributed by atoms with E-state index in [1.165, 1.54) is 34.6 Å². The maximum atomic E-state index is 6.24. The molecule has 0 saturated carbocycles. The van der Waals surface area contributed by atoms with Gasteiger partial charge in [-0.2, -0.15) is 0 Å². The second kappa shape index (κ2) is 7.97. The average Bonchev–Trinajstić information content (AvgIpc) is 2.07. The Hall–Kier alpha value is 0.759. The Morgan fingerprint density at radius 1 is 0.929 bits per heavy atom. The first-order valence-electron chi connectivity index (χ1n) is 6.03. The van der Waals surface area contributed by atoms with Crippen molar-refractivity contribution in [2.75, 3.05) is 0 Å². The molecular weight excluding hydrogens is 279 g/mol. The Kier molecular flexibility index (Phi) is 8.41. The van der Waals surface area contributed by atoms with Crippen molar-refractivity contribution in [3.8, 4) is 0 Å². The number of hydrogen-bond acceptors (Lipinski definition) is 1. The van der Waals surface area contributed by atoms with Crippen molar-refractivity contribution in [2.24, 2.45) is 0 Å². The van der Waals surface area contributed by atoms with Crippen LogP contribution in [-0.4, -0.2) is 25.8 Å². The zero-order chi connectivity index (χ0) is 11.0. The van der Waals surface area contributed by atoms with Crippen LogP contribution < -0.4 is 0 Å². The molecular formula is C12H27OSn+. The van der Waals surface area contributed by atoms with Crippen LogP contribution >= 0.6 is 0 Å². The molecule has 84 valence electrons. The van der Waals surface area contributed by atoms with E-state index in [-0.39, 0.29) is 5.60 Å². The van der Waals surface area contributed by atoms with Gasteiger partial charge in [0.25, 0.3) is 0 Å². The SMILES string of the molecule is CCC[CH2][Sn+]([CH2]CCC)[O]C(C)(C)C.